The largest absolute Gasteiger partial charge is 0.480 e. The number of rotatable bonds is 72. The molecule has 17 amide bonds. The van der Waals surface area contributed by atoms with Crippen molar-refractivity contribution in [3.05, 3.63) is 0 Å². The third-order valence-corrected chi connectivity index (χ3v) is 23.5. The summed E-state index contributed by atoms with van der Waals surface area (Å²) in [6.45, 7) is 30.6. The van der Waals surface area contributed by atoms with E-state index in [0.717, 1.165) is 38.5 Å². The highest BCUT2D eigenvalue weighted by Gasteiger charge is 2.40. The molecule has 0 aromatic rings. The first-order chi connectivity index (χ1) is 63.6. The fourth-order valence-corrected chi connectivity index (χ4v) is 15.3. The topological polar surface area (TPSA) is 628 Å². The third kappa shape index (κ3) is 54.1. The standard InChI is InChI=1S/C91H165N19O22S4/c1-48(2)36-63(103-78(118)60(92)46-133)79(119)97-43-70(114)95-44-71(115)99-64(37-49(3)4)83(123)104-67(40-52(9)10)85(125)109-75(57(18)111)89(129)101-61(31-34-135-20)80(120)107-73(54(13)14)88(128)93-33-29-27-25-23-22-24-26-28-30-59(113)42-94-69(47-134)87(127)106-66(39-51(7)8)82(122)98-56(17)77(117)96-45-72(116)100-65(38-50(5)6)84(124)105-68(41-53(11)12)86(126)110-76(58(19)112)90(130)102-62(32-35-136-21)81(121)108-74(55(15)16)91(131)132/h48-58,60-69,73-76,94,111-112,133-134H,22-47,92H2,1-21H3,(H,93,128)(H,95,114)(H,96,117)(H,97,119)(H,98,122)(H,99,115)(H,100,116)(H,101,129)(H,102,130)(H,103,118)(H,104,123)(H,105,124)(H,106,127)(H,107,120)(H,108,121)(H,109,125)(H,110,126)(H,131,132)/t56-,57+,58+,60-,61-,62-,63-,64-,65-,66-,67-,68-,69-,73-,74-,75-,76-/m0/s1. The molecular formula is C91H165N19O22S4. The number of unbranched alkanes of at least 4 members (excludes halogenated alkanes) is 7. The maximum atomic E-state index is 14.1. The van der Waals surface area contributed by atoms with Crippen LogP contribution in [0.5, 0.6) is 0 Å². The van der Waals surface area contributed by atoms with Gasteiger partial charge in [-0.3, -0.25) is 91.6 Å². The number of thioether (sulfide) groups is 2. The molecule has 41 nitrogen and oxygen atoms in total. The molecule has 0 bridgehead atoms. The second-order valence-electron chi connectivity index (χ2n) is 38.0. The molecule has 0 aliphatic carbocycles. The molecule has 780 valence electrons. The number of carbonyl (C=O) groups excluding carboxylic acids is 18. The number of carboxylic acids is 1. The summed E-state index contributed by atoms with van der Waals surface area (Å²) in [7, 11) is 0. The lowest BCUT2D eigenvalue weighted by Crippen LogP contribution is -2.62. The summed E-state index contributed by atoms with van der Waals surface area (Å²) in [6, 6.07) is -18.4. The Bertz CT molecular complexity index is 3790. The molecule has 0 heterocycles. The normalized spacial score (nSPS) is 15.3. The molecule has 0 saturated heterocycles. The molecule has 0 aliphatic rings. The molecule has 0 unspecified atom stereocenters. The summed E-state index contributed by atoms with van der Waals surface area (Å²) in [5, 5.41) is 78.4. The van der Waals surface area contributed by atoms with Crippen LogP contribution in [0.2, 0.25) is 0 Å². The zero-order valence-corrected chi connectivity index (χ0v) is 87.1. The van der Waals surface area contributed by atoms with Gasteiger partial charge in [-0.25, -0.2) is 4.79 Å². The molecule has 0 fully saturated rings. The lowest BCUT2D eigenvalue weighted by molar-refractivity contribution is -0.143. The number of thiol groups is 2. The molecule has 0 aromatic carbocycles. The van der Waals surface area contributed by atoms with Gasteiger partial charge in [-0.05, 0) is 156 Å². The molecule has 45 heteroatoms. The number of carboxylic acid groups (broad SMARTS) is 1. The molecule has 0 saturated carbocycles. The van der Waals surface area contributed by atoms with E-state index < -0.39 is 241 Å². The number of aliphatic hydroxyl groups excluding tert-OH is 2. The summed E-state index contributed by atoms with van der Waals surface area (Å²) >= 11 is 11.1. The average Bonchev–Trinajstić information content (AvgIpc) is 0.849. The van der Waals surface area contributed by atoms with Crippen molar-refractivity contribution >= 4 is 161 Å². The van der Waals surface area contributed by atoms with Gasteiger partial charge in [0, 0.05) is 24.5 Å². The predicted molar refractivity (Wildman–Crippen MR) is 530 cm³/mol. The Kier molecular flexibility index (Phi) is 64.8. The summed E-state index contributed by atoms with van der Waals surface area (Å²) in [5.74, 6) is -15.1. The van der Waals surface area contributed by atoms with Gasteiger partial charge in [0.2, 0.25) is 100 Å². The van der Waals surface area contributed by atoms with E-state index in [-0.39, 0.29) is 117 Å². The van der Waals surface area contributed by atoms with Gasteiger partial charge >= 0.3 is 5.97 Å². The molecule has 0 radical (unpaired) electrons. The van der Waals surface area contributed by atoms with Crippen LogP contribution >= 0.6 is 48.8 Å². The molecule has 0 aromatic heterocycles. The van der Waals surface area contributed by atoms with Crippen LogP contribution < -0.4 is 101 Å². The second-order valence-corrected chi connectivity index (χ2v) is 40.7. The van der Waals surface area contributed by atoms with E-state index in [9.17, 15) is 106 Å². The van der Waals surface area contributed by atoms with Gasteiger partial charge in [-0.15, -0.1) is 0 Å². The highest BCUT2D eigenvalue weighted by Crippen LogP contribution is 2.18. The number of aliphatic carboxylic acids is 1. The van der Waals surface area contributed by atoms with E-state index in [4.69, 9.17) is 5.73 Å². The van der Waals surface area contributed by atoms with Crippen LogP contribution in [-0.4, -0.2) is 299 Å². The molecule has 23 N–H and O–H groups in total. The average molecular weight is 2010 g/mol. The molecule has 0 aliphatic heterocycles. The number of carbonyl (C=O) groups is 19. The predicted octanol–water partition coefficient (Wildman–Crippen LogP) is -0.0604. The Morgan fingerprint density at radius 3 is 0.971 bits per heavy atom. The zero-order chi connectivity index (χ0) is 104. The second kappa shape index (κ2) is 69.2. The van der Waals surface area contributed by atoms with Crippen LogP contribution in [0.25, 0.3) is 0 Å². The fraction of sp³-hybridized carbons (Fsp3) is 0.791. The highest BCUT2D eigenvalue weighted by atomic mass is 32.2. The Balaban J connectivity index is 5.58. The number of hydrogen-bond acceptors (Lipinski definition) is 27. The van der Waals surface area contributed by atoms with Crippen LogP contribution in [0.1, 0.15) is 241 Å². The summed E-state index contributed by atoms with van der Waals surface area (Å²) < 4.78 is 0. The monoisotopic (exact) mass is 2000 g/mol. The van der Waals surface area contributed by atoms with Gasteiger partial charge in [0.05, 0.1) is 50.5 Å². The van der Waals surface area contributed by atoms with Crippen molar-refractivity contribution in [2.24, 2.45) is 53.1 Å². The molecular weight excluding hydrogens is 1840 g/mol. The number of hydrogen-bond donors (Lipinski definition) is 24. The first-order valence-corrected chi connectivity index (χ1v) is 51.5. The zero-order valence-electron chi connectivity index (χ0n) is 83.7. The minimum atomic E-state index is -1.64. The Hall–Kier alpha value is -8.63. The van der Waals surface area contributed by atoms with Crippen LogP contribution in [0.3, 0.4) is 0 Å². The van der Waals surface area contributed by atoms with Crippen molar-refractivity contribution in [3.8, 4) is 0 Å². The van der Waals surface area contributed by atoms with Crippen LogP contribution in [0.15, 0.2) is 0 Å². The number of aliphatic hydroxyl groups is 2. The number of amides is 17. The molecule has 17 atom stereocenters. The van der Waals surface area contributed by atoms with E-state index >= 15 is 0 Å². The smallest absolute Gasteiger partial charge is 0.326 e. The van der Waals surface area contributed by atoms with Gasteiger partial charge in [0.15, 0.2) is 0 Å². The maximum absolute atomic E-state index is 14.1. The number of nitrogens with two attached hydrogens (primary N) is 1. The number of ketones is 1. The first kappa shape index (κ1) is 127. The lowest BCUT2D eigenvalue weighted by Gasteiger charge is -2.29. The van der Waals surface area contributed by atoms with Gasteiger partial charge in [-0.2, -0.15) is 48.8 Å². The molecule has 136 heavy (non-hydrogen) atoms. The number of nitrogens with one attached hydrogen (secondary N) is 18. The maximum Gasteiger partial charge on any atom is 0.326 e. The van der Waals surface area contributed by atoms with E-state index in [1.807, 2.05) is 27.7 Å². The van der Waals surface area contributed by atoms with Crippen molar-refractivity contribution in [1.29, 1.82) is 0 Å². The van der Waals surface area contributed by atoms with Crippen molar-refractivity contribution < 1.29 is 106 Å². The van der Waals surface area contributed by atoms with E-state index in [1.54, 1.807) is 95.6 Å². The van der Waals surface area contributed by atoms with Crippen molar-refractivity contribution in [2.45, 2.75) is 344 Å². The summed E-state index contributed by atoms with van der Waals surface area (Å²) in [4.78, 5) is 256. The van der Waals surface area contributed by atoms with Crippen molar-refractivity contribution in [1.82, 2.24) is 95.7 Å². The summed E-state index contributed by atoms with van der Waals surface area (Å²) in [6.07, 6.45) is 7.96. The molecule has 0 spiro atoms. The quantitative estimate of drug-likeness (QED) is 0.0280. The fourth-order valence-electron chi connectivity index (χ4n) is 13.9. The van der Waals surface area contributed by atoms with Gasteiger partial charge in [-0.1, -0.05) is 149 Å². The van der Waals surface area contributed by atoms with Crippen molar-refractivity contribution in [2.75, 3.05) is 68.2 Å². The number of Topliss-reactive ketones (excluding diaryl/α,β-unsaturated/α-hetero) is 1. The SMILES string of the molecule is CSCC[C@H](NC(=O)[C@@H](NC(=O)[C@H](CC(C)C)NC(=O)[C@H](CC(C)C)NC(=O)CNC(=O)[C@H](C)NC(=O)[C@H](CC(C)C)NC(=O)[C@H](CS)NCC(=O)CCCCCCCCCCNC(=O)[C@@H](NC(=O)[C@H](CCSC)NC(=O)[C@@H](NC(=O)[C@H](CC(C)C)NC(=O)[C@H](CC(C)C)NC(=O)CNC(=O)CNC(=O)[C@H](CC(C)C)NC(=O)[C@@H](N)CS)[C@@H](C)O)C(C)C)[C@@H](C)O)C(=O)N[C@H](C(=O)O)C(C)C. The minimum absolute atomic E-state index is 0.0171. The third-order valence-electron chi connectivity index (χ3n) is 21.5. The van der Waals surface area contributed by atoms with Gasteiger partial charge < -0.3 is 111 Å². The highest BCUT2D eigenvalue weighted by molar-refractivity contribution is 7.98. The Labute approximate surface area is 823 Å². The first-order valence-electron chi connectivity index (χ1n) is 47.5. The lowest BCUT2D eigenvalue weighted by atomic mass is 9.99. The van der Waals surface area contributed by atoms with Gasteiger partial charge in [0.1, 0.15) is 84.3 Å². The van der Waals surface area contributed by atoms with E-state index in [1.165, 1.54) is 44.3 Å². The van der Waals surface area contributed by atoms with E-state index in [0.29, 0.717) is 30.9 Å². The van der Waals surface area contributed by atoms with Crippen LogP contribution in [0.4, 0.5) is 0 Å². The van der Waals surface area contributed by atoms with Crippen LogP contribution in [0, 0.1) is 47.3 Å². The Morgan fingerprint density at radius 1 is 0.294 bits per heavy atom. The molecule has 0 rings (SSSR count). The Morgan fingerprint density at radius 2 is 0.603 bits per heavy atom. The van der Waals surface area contributed by atoms with E-state index in [2.05, 4.69) is 121 Å². The van der Waals surface area contributed by atoms with Gasteiger partial charge in [0.25, 0.3) is 0 Å². The van der Waals surface area contributed by atoms with Crippen molar-refractivity contribution in [3.63, 3.8) is 0 Å². The minimum Gasteiger partial charge on any atom is -0.480 e. The summed E-state index contributed by atoms with van der Waals surface area (Å²) in [5.41, 5.74) is 5.76. The van der Waals surface area contributed by atoms with Crippen LogP contribution in [-0.2, 0) is 91.1 Å².